The van der Waals surface area contributed by atoms with Gasteiger partial charge in [0.1, 0.15) is 23.8 Å². The van der Waals surface area contributed by atoms with Crippen molar-refractivity contribution in [2.45, 2.75) is 89.3 Å². The van der Waals surface area contributed by atoms with Gasteiger partial charge in [0.05, 0.1) is 22.0 Å². The second kappa shape index (κ2) is 15.3. The molecule has 334 valence electrons. The van der Waals surface area contributed by atoms with Crippen molar-refractivity contribution >= 4 is 69.6 Å². The number of piperidine rings is 1. The molecule has 0 radical (unpaired) electrons. The van der Waals surface area contributed by atoms with Gasteiger partial charge in [-0.25, -0.2) is 14.4 Å². The Labute approximate surface area is 379 Å². The number of halogens is 1. The number of carbonyl (C=O) groups excluding carboxylic acids is 4. The summed E-state index contributed by atoms with van der Waals surface area (Å²) in [7, 11) is 0. The van der Waals surface area contributed by atoms with E-state index in [9.17, 15) is 19.2 Å². The first kappa shape index (κ1) is 42.5. The molecule has 6 heterocycles. The molecule has 0 bridgehead atoms. The highest BCUT2D eigenvalue weighted by molar-refractivity contribution is 7.84. The number of aromatic amines is 1. The highest BCUT2D eigenvalue weighted by Gasteiger charge is 2.61. The predicted molar refractivity (Wildman–Crippen MR) is 246 cm³/mol. The van der Waals surface area contributed by atoms with Crippen LogP contribution in [0.2, 0.25) is 0 Å². The molecule has 3 aliphatic heterocycles. The third-order valence-corrected chi connectivity index (χ3v) is 14.1. The van der Waals surface area contributed by atoms with Crippen LogP contribution in [0.3, 0.4) is 0 Å². The number of rotatable bonds is 9. The molecule has 65 heavy (non-hydrogen) atoms. The first-order valence-electron chi connectivity index (χ1n) is 21.9. The van der Waals surface area contributed by atoms with Gasteiger partial charge in [-0.3, -0.25) is 34.3 Å². The van der Waals surface area contributed by atoms with E-state index in [1.165, 1.54) is 6.33 Å². The summed E-state index contributed by atoms with van der Waals surface area (Å²) in [6, 6.07) is 15.1. The average molecular weight is 897 g/mol. The monoisotopic (exact) mass is 896 g/mol. The molecule has 2 saturated heterocycles. The van der Waals surface area contributed by atoms with Crippen molar-refractivity contribution in [3.05, 3.63) is 106 Å². The Morgan fingerprint density at radius 3 is 2.49 bits per heavy atom. The standard InChI is InChI=1S/C48H49FN10O5S/c1-25-31(47(6,26(2)65)55-43(62)41-54-44(64-56-41)46(3,4)5)11-10-30(38(25)49)39-37-29-9-8-28(22-33(29)52-40(37)51-24-50-39)58-19-17-57(18-20-58)23-27-7-12-34-32(21-27)48(15-16-48)45(63)59(34)35-13-14-36(60)53-42(35)61/h7-12,21-22,24,35,65H,2,13-20,23H2,1,3-6H3,(H,55,62)(H,50,51,52)(H,53,60,61)/t35?,47-/m0/s1. The molecule has 6 aromatic rings. The van der Waals surface area contributed by atoms with E-state index >= 15 is 4.39 Å². The summed E-state index contributed by atoms with van der Waals surface area (Å²) in [5.74, 6) is -1.70. The topological polar surface area (TPSA) is 183 Å². The Hall–Kier alpha value is -6.46. The van der Waals surface area contributed by atoms with E-state index < -0.39 is 40.0 Å². The second-order valence-corrected chi connectivity index (χ2v) is 19.5. The van der Waals surface area contributed by atoms with Crippen molar-refractivity contribution in [1.82, 2.24) is 40.6 Å². The quantitative estimate of drug-likeness (QED) is 0.0919. The Morgan fingerprint density at radius 1 is 1.03 bits per heavy atom. The molecule has 3 fully saturated rings. The molecule has 17 heteroatoms. The van der Waals surface area contributed by atoms with Gasteiger partial charge in [0.15, 0.2) is 0 Å². The number of anilines is 2. The van der Waals surface area contributed by atoms with Crippen LogP contribution in [-0.2, 0) is 37.3 Å². The lowest BCUT2D eigenvalue weighted by molar-refractivity contribution is -0.135. The van der Waals surface area contributed by atoms with Crippen LogP contribution in [0, 0.1) is 12.7 Å². The normalized spacial score (nSPS) is 19.5. The van der Waals surface area contributed by atoms with Gasteiger partial charge in [-0.05, 0) is 79.6 Å². The lowest BCUT2D eigenvalue weighted by Gasteiger charge is -2.36. The number of H-pyrrole nitrogens is 1. The minimum Gasteiger partial charge on any atom is -0.369 e. The van der Waals surface area contributed by atoms with Crippen LogP contribution in [0.4, 0.5) is 15.8 Å². The minimum absolute atomic E-state index is 0.0274. The molecule has 1 aliphatic carbocycles. The lowest BCUT2D eigenvalue weighted by atomic mass is 9.86. The fourth-order valence-corrected chi connectivity index (χ4v) is 9.90. The van der Waals surface area contributed by atoms with Crippen LogP contribution < -0.4 is 20.4 Å². The highest BCUT2D eigenvalue weighted by atomic mass is 32.1. The van der Waals surface area contributed by atoms with Crippen LogP contribution >= 0.6 is 12.6 Å². The molecule has 4 amide bonds. The van der Waals surface area contributed by atoms with Gasteiger partial charge >= 0.3 is 0 Å². The van der Waals surface area contributed by atoms with Crippen molar-refractivity contribution in [2.24, 2.45) is 0 Å². The van der Waals surface area contributed by atoms with E-state index in [2.05, 4.69) is 89.0 Å². The smallest absolute Gasteiger partial charge is 0.293 e. The first-order valence-corrected chi connectivity index (χ1v) is 22.3. The van der Waals surface area contributed by atoms with Crippen molar-refractivity contribution in [1.29, 1.82) is 0 Å². The zero-order chi connectivity index (χ0) is 45.7. The van der Waals surface area contributed by atoms with Crippen LogP contribution in [0.15, 0.2) is 70.9 Å². The summed E-state index contributed by atoms with van der Waals surface area (Å²) in [4.78, 5) is 75.3. The summed E-state index contributed by atoms with van der Waals surface area (Å²) < 4.78 is 22.1. The molecule has 1 saturated carbocycles. The van der Waals surface area contributed by atoms with Crippen molar-refractivity contribution in [3.8, 4) is 11.3 Å². The molecule has 15 nitrogen and oxygen atoms in total. The zero-order valence-corrected chi connectivity index (χ0v) is 37.7. The number of fused-ring (bicyclic) bond motifs is 5. The van der Waals surface area contributed by atoms with E-state index in [-0.39, 0.29) is 40.1 Å². The van der Waals surface area contributed by atoms with E-state index in [0.29, 0.717) is 34.6 Å². The van der Waals surface area contributed by atoms with Crippen LogP contribution in [0.25, 0.3) is 33.2 Å². The first-order chi connectivity index (χ1) is 31.0. The third-order valence-electron chi connectivity index (χ3n) is 13.6. The molecule has 10 rings (SSSR count). The number of benzene rings is 3. The number of nitrogens with one attached hydrogen (secondary N) is 3. The number of piperazine rings is 1. The number of imide groups is 1. The Balaban J connectivity index is 0.852. The SMILES string of the molecule is C=C(S)[C@](C)(NC(=O)c1noc(C(C)(C)C)n1)c1ccc(-c2ncnc3[nH]c4cc(N5CCN(Cc6ccc7c(c6)C6(CC6)C(=O)N7C6CCC(=O)NC6=O)CC5)ccc4c23)c(F)c1C. The van der Waals surface area contributed by atoms with Crippen LogP contribution in [-0.4, -0.2) is 85.8 Å². The summed E-state index contributed by atoms with van der Waals surface area (Å²) in [5, 5.41) is 10.7. The van der Waals surface area contributed by atoms with Gasteiger partial charge in [-0.15, -0.1) is 12.6 Å². The summed E-state index contributed by atoms with van der Waals surface area (Å²) in [6.45, 7) is 17.1. The summed E-state index contributed by atoms with van der Waals surface area (Å²) in [6.07, 6.45) is 3.50. The summed E-state index contributed by atoms with van der Waals surface area (Å²) in [5.41, 5.74) is 4.51. The van der Waals surface area contributed by atoms with Gasteiger partial charge in [0, 0.05) is 77.3 Å². The number of nitrogens with zero attached hydrogens (tertiary/aromatic N) is 7. The van der Waals surface area contributed by atoms with E-state index in [0.717, 1.165) is 79.0 Å². The second-order valence-electron chi connectivity index (χ2n) is 18.9. The maximum Gasteiger partial charge on any atom is 0.293 e. The molecule has 3 aromatic heterocycles. The number of hydrogen-bond donors (Lipinski definition) is 4. The summed E-state index contributed by atoms with van der Waals surface area (Å²) >= 11 is 4.54. The predicted octanol–water partition coefficient (Wildman–Crippen LogP) is 6.50. The largest absolute Gasteiger partial charge is 0.369 e. The van der Waals surface area contributed by atoms with Gasteiger partial charge in [-0.2, -0.15) is 4.98 Å². The molecule has 1 unspecified atom stereocenters. The molecule has 4 aliphatic rings. The number of carbonyl (C=O) groups is 4. The van der Waals surface area contributed by atoms with Crippen molar-refractivity contribution in [2.75, 3.05) is 36.0 Å². The molecule has 3 N–H and O–H groups in total. The molecular weight excluding hydrogens is 848 g/mol. The molecule has 1 spiro atoms. The van der Waals surface area contributed by atoms with E-state index in [4.69, 9.17) is 4.52 Å². The molecular formula is C48H49FN10O5S. The maximum atomic E-state index is 16.7. The Kier molecular flexibility index (Phi) is 10.0. The van der Waals surface area contributed by atoms with Crippen molar-refractivity contribution < 1.29 is 28.1 Å². The average Bonchev–Trinajstić information content (AvgIpc) is 3.64. The third kappa shape index (κ3) is 7.06. The maximum absolute atomic E-state index is 16.7. The molecule has 2 atom stereocenters. The zero-order valence-electron chi connectivity index (χ0n) is 36.8. The van der Waals surface area contributed by atoms with Crippen LogP contribution in [0.1, 0.15) is 92.1 Å². The fraction of sp³-hybridized carbons (Fsp3) is 0.375. The van der Waals surface area contributed by atoms with Gasteiger partial charge in [0.25, 0.3) is 11.7 Å². The van der Waals surface area contributed by atoms with E-state index in [1.807, 2.05) is 32.9 Å². The number of hydrogen-bond acceptors (Lipinski definition) is 12. The van der Waals surface area contributed by atoms with Gasteiger partial charge in [-0.1, -0.05) is 56.8 Å². The number of aromatic nitrogens is 5. The Bertz CT molecular complexity index is 3020. The van der Waals surface area contributed by atoms with Gasteiger partial charge in [0.2, 0.25) is 23.6 Å². The van der Waals surface area contributed by atoms with Gasteiger partial charge < -0.3 is 19.7 Å². The number of amides is 4. The van der Waals surface area contributed by atoms with Crippen molar-refractivity contribution in [3.63, 3.8) is 0 Å². The highest BCUT2D eigenvalue weighted by Crippen LogP contribution is 2.58. The Morgan fingerprint density at radius 2 is 1.80 bits per heavy atom. The minimum atomic E-state index is -1.30. The van der Waals surface area contributed by atoms with Crippen LogP contribution in [0.5, 0.6) is 0 Å². The molecule has 3 aromatic carbocycles. The van der Waals surface area contributed by atoms with E-state index in [1.54, 1.807) is 30.9 Å². The number of thiol groups is 1. The fourth-order valence-electron chi connectivity index (χ4n) is 9.72. The lowest BCUT2D eigenvalue weighted by Crippen LogP contribution is -2.54.